The zero-order chi connectivity index (χ0) is 14.8. The number of piperidine rings is 1. The zero-order valence-electron chi connectivity index (χ0n) is 12.0. The summed E-state index contributed by atoms with van der Waals surface area (Å²) in [4.78, 5) is 6.21. The summed E-state index contributed by atoms with van der Waals surface area (Å²) >= 11 is 5.47. The summed E-state index contributed by atoms with van der Waals surface area (Å²) in [6.45, 7) is 2.28. The summed E-state index contributed by atoms with van der Waals surface area (Å²) in [5.41, 5.74) is 0.996. The average Bonchev–Trinajstić information content (AvgIpc) is 2.77. The second kappa shape index (κ2) is 6.05. The normalized spacial score (nSPS) is 19.8. The van der Waals surface area contributed by atoms with Crippen LogP contribution in [0.2, 0.25) is 0 Å². The molecule has 0 bridgehead atoms. The van der Waals surface area contributed by atoms with Gasteiger partial charge in [-0.25, -0.2) is 4.68 Å². The van der Waals surface area contributed by atoms with Crippen LogP contribution >= 0.6 is 12.2 Å². The van der Waals surface area contributed by atoms with Gasteiger partial charge in [-0.1, -0.05) is 0 Å². The number of pyridine rings is 1. The van der Waals surface area contributed by atoms with E-state index >= 15 is 0 Å². The number of nitrogens with zero attached hydrogens (tertiary/aromatic N) is 5. The Labute approximate surface area is 128 Å². The van der Waals surface area contributed by atoms with Crippen molar-refractivity contribution >= 4 is 12.2 Å². The fourth-order valence-corrected chi connectivity index (χ4v) is 2.87. The summed E-state index contributed by atoms with van der Waals surface area (Å²) in [5, 5.41) is 14.4. The third-order valence-corrected chi connectivity index (χ3v) is 4.28. The minimum atomic E-state index is -0.240. The Hall–Kier alpha value is -1.57. The minimum Gasteiger partial charge on any atom is -0.392 e. The molecule has 2 aromatic rings. The molecule has 1 aliphatic heterocycles. The SMILES string of the molecule is Cn1c(-c2ccncc2)nn(CN2CCC[C@H](O)C2)c1=S. The van der Waals surface area contributed by atoms with Gasteiger partial charge in [-0.2, -0.15) is 5.10 Å². The molecule has 3 heterocycles. The number of aliphatic hydroxyl groups excluding tert-OH is 1. The highest BCUT2D eigenvalue weighted by atomic mass is 32.1. The Morgan fingerprint density at radius 2 is 2.14 bits per heavy atom. The van der Waals surface area contributed by atoms with E-state index in [4.69, 9.17) is 12.2 Å². The fourth-order valence-electron chi connectivity index (χ4n) is 2.68. The van der Waals surface area contributed by atoms with Crippen LogP contribution in [-0.4, -0.2) is 48.5 Å². The second-order valence-corrected chi connectivity index (χ2v) is 5.78. The summed E-state index contributed by atoms with van der Waals surface area (Å²) < 4.78 is 4.41. The van der Waals surface area contributed by atoms with Crippen molar-refractivity contribution in [3.63, 3.8) is 0 Å². The maximum Gasteiger partial charge on any atom is 0.199 e. The van der Waals surface area contributed by atoms with E-state index in [1.165, 1.54) is 0 Å². The molecular formula is C14H19N5OS. The zero-order valence-corrected chi connectivity index (χ0v) is 12.8. The lowest BCUT2D eigenvalue weighted by molar-refractivity contribution is 0.0513. The largest absolute Gasteiger partial charge is 0.392 e. The first-order chi connectivity index (χ1) is 10.1. The molecule has 1 N–H and O–H groups in total. The van der Waals surface area contributed by atoms with Gasteiger partial charge >= 0.3 is 0 Å². The van der Waals surface area contributed by atoms with Crippen LogP contribution in [0, 0.1) is 4.77 Å². The lowest BCUT2D eigenvalue weighted by Crippen LogP contribution is -2.39. The van der Waals surface area contributed by atoms with Gasteiger partial charge in [-0.3, -0.25) is 9.88 Å². The van der Waals surface area contributed by atoms with Crippen LogP contribution < -0.4 is 0 Å². The standard InChI is InChI=1S/C14H19N5OS/c1-17-13(11-4-6-15-7-5-11)16-19(14(17)21)10-18-8-2-3-12(20)9-18/h4-7,12,20H,2-3,8-10H2,1H3/t12-/m0/s1. The van der Waals surface area contributed by atoms with E-state index in [0.717, 1.165) is 30.8 Å². The highest BCUT2D eigenvalue weighted by Gasteiger charge is 2.19. The van der Waals surface area contributed by atoms with E-state index in [1.54, 1.807) is 12.4 Å². The molecule has 1 saturated heterocycles. The van der Waals surface area contributed by atoms with E-state index in [1.807, 2.05) is 28.4 Å². The third-order valence-electron chi connectivity index (χ3n) is 3.79. The Bertz CT molecular complexity index is 666. The van der Waals surface area contributed by atoms with Gasteiger partial charge < -0.3 is 9.67 Å². The molecule has 0 unspecified atom stereocenters. The van der Waals surface area contributed by atoms with Gasteiger partial charge in [0.05, 0.1) is 12.8 Å². The van der Waals surface area contributed by atoms with Gasteiger partial charge in [-0.15, -0.1) is 0 Å². The molecule has 1 atom stereocenters. The van der Waals surface area contributed by atoms with Crippen molar-refractivity contribution in [2.45, 2.75) is 25.6 Å². The van der Waals surface area contributed by atoms with Gasteiger partial charge in [-0.05, 0) is 37.2 Å². The van der Waals surface area contributed by atoms with Crippen LogP contribution in [0.5, 0.6) is 0 Å². The number of aromatic nitrogens is 4. The minimum absolute atomic E-state index is 0.240. The molecule has 0 aliphatic carbocycles. The molecule has 6 nitrogen and oxygen atoms in total. The van der Waals surface area contributed by atoms with E-state index in [-0.39, 0.29) is 6.10 Å². The summed E-state index contributed by atoms with van der Waals surface area (Å²) in [5.74, 6) is 0.833. The lowest BCUT2D eigenvalue weighted by Gasteiger charge is -2.29. The maximum absolute atomic E-state index is 9.76. The van der Waals surface area contributed by atoms with Crippen LogP contribution in [0.4, 0.5) is 0 Å². The summed E-state index contributed by atoms with van der Waals surface area (Å²) in [6.07, 6.45) is 5.15. The molecule has 21 heavy (non-hydrogen) atoms. The molecule has 7 heteroatoms. The highest BCUT2D eigenvalue weighted by Crippen LogP contribution is 2.17. The van der Waals surface area contributed by atoms with Crippen LogP contribution in [-0.2, 0) is 13.7 Å². The first kappa shape index (κ1) is 14.4. The van der Waals surface area contributed by atoms with Gasteiger partial charge in [0.2, 0.25) is 0 Å². The highest BCUT2D eigenvalue weighted by molar-refractivity contribution is 7.71. The predicted octanol–water partition coefficient (Wildman–Crippen LogP) is 1.43. The van der Waals surface area contributed by atoms with Crippen LogP contribution in [0.25, 0.3) is 11.4 Å². The van der Waals surface area contributed by atoms with Crippen molar-refractivity contribution in [1.82, 2.24) is 24.2 Å². The molecule has 2 aromatic heterocycles. The van der Waals surface area contributed by atoms with E-state index in [9.17, 15) is 5.11 Å². The van der Waals surface area contributed by atoms with Crippen LogP contribution in [0.15, 0.2) is 24.5 Å². The molecule has 112 valence electrons. The molecule has 0 spiro atoms. The van der Waals surface area contributed by atoms with Crippen LogP contribution in [0.3, 0.4) is 0 Å². The quantitative estimate of drug-likeness (QED) is 0.869. The molecule has 0 aromatic carbocycles. The van der Waals surface area contributed by atoms with Crippen molar-refractivity contribution < 1.29 is 5.11 Å². The first-order valence-corrected chi connectivity index (χ1v) is 7.50. The number of rotatable bonds is 3. The Balaban J connectivity index is 1.85. The van der Waals surface area contributed by atoms with Crippen molar-refractivity contribution in [2.75, 3.05) is 13.1 Å². The summed E-state index contributed by atoms with van der Waals surface area (Å²) in [7, 11) is 1.92. The number of β-amino-alcohol motifs (C(OH)–C–C–N with tert-alkyl or cyclic N) is 1. The van der Waals surface area contributed by atoms with Crippen molar-refractivity contribution in [3.8, 4) is 11.4 Å². The molecule has 0 radical (unpaired) electrons. The van der Waals surface area contributed by atoms with Crippen molar-refractivity contribution in [3.05, 3.63) is 29.3 Å². The first-order valence-electron chi connectivity index (χ1n) is 7.10. The number of aliphatic hydroxyl groups is 1. The smallest absolute Gasteiger partial charge is 0.199 e. The lowest BCUT2D eigenvalue weighted by atomic mass is 10.1. The van der Waals surface area contributed by atoms with Gasteiger partial charge in [0.1, 0.15) is 0 Å². The molecule has 1 aliphatic rings. The van der Waals surface area contributed by atoms with Crippen molar-refractivity contribution in [2.24, 2.45) is 7.05 Å². The van der Waals surface area contributed by atoms with E-state index in [0.29, 0.717) is 18.0 Å². The summed E-state index contributed by atoms with van der Waals surface area (Å²) in [6, 6.07) is 3.85. The maximum atomic E-state index is 9.76. The molecule has 0 saturated carbocycles. The molecule has 0 amide bonds. The average molecular weight is 305 g/mol. The number of likely N-dealkylation sites (tertiary alicyclic amines) is 1. The third kappa shape index (κ3) is 3.04. The Kier molecular flexibility index (Phi) is 4.14. The van der Waals surface area contributed by atoms with Gasteiger partial charge in [0.15, 0.2) is 10.6 Å². The Morgan fingerprint density at radius 1 is 1.38 bits per heavy atom. The topological polar surface area (TPSA) is 59.1 Å². The van der Waals surface area contributed by atoms with Crippen molar-refractivity contribution in [1.29, 1.82) is 0 Å². The monoisotopic (exact) mass is 305 g/mol. The second-order valence-electron chi connectivity index (χ2n) is 5.42. The number of hydrogen-bond donors (Lipinski definition) is 1. The molecule has 1 fully saturated rings. The molecule has 3 rings (SSSR count). The molecular weight excluding hydrogens is 286 g/mol. The Morgan fingerprint density at radius 3 is 2.86 bits per heavy atom. The van der Waals surface area contributed by atoms with Gasteiger partial charge in [0.25, 0.3) is 0 Å². The van der Waals surface area contributed by atoms with Crippen LogP contribution in [0.1, 0.15) is 12.8 Å². The predicted molar refractivity (Wildman–Crippen MR) is 82.1 cm³/mol. The van der Waals surface area contributed by atoms with E-state index < -0.39 is 0 Å². The van der Waals surface area contributed by atoms with E-state index in [2.05, 4.69) is 15.0 Å². The number of hydrogen-bond acceptors (Lipinski definition) is 5. The van der Waals surface area contributed by atoms with Gasteiger partial charge in [0, 0.05) is 38.1 Å². The fraction of sp³-hybridized carbons (Fsp3) is 0.500.